The van der Waals surface area contributed by atoms with Crippen molar-refractivity contribution < 1.29 is 14.3 Å². The molecule has 6 nitrogen and oxygen atoms in total. The molecule has 0 fully saturated rings. The minimum atomic E-state index is -0.446. The number of carbonyl (C=O) groups excluding carboxylic acids is 1. The Bertz CT molecular complexity index is 1310. The highest BCUT2D eigenvalue weighted by molar-refractivity contribution is 5.97. The monoisotopic (exact) mass is 420 g/mol. The first-order valence-electron chi connectivity index (χ1n) is 10.7. The second kappa shape index (κ2) is 7.50. The Hall–Kier alpha value is -3.19. The van der Waals surface area contributed by atoms with E-state index in [0.29, 0.717) is 23.1 Å². The number of aliphatic hydroxyl groups excluding tert-OH is 1. The van der Waals surface area contributed by atoms with E-state index in [-0.39, 0.29) is 18.2 Å². The lowest BCUT2D eigenvalue weighted by Crippen LogP contribution is -2.36. The topological polar surface area (TPSA) is 63.3 Å². The molecule has 1 atom stereocenters. The van der Waals surface area contributed by atoms with Crippen molar-refractivity contribution in [2.24, 2.45) is 7.05 Å². The van der Waals surface area contributed by atoms with Gasteiger partial charge in [0, 0.05) is 37.7 Å². The molecule has 0 spiro atoms. The van der Waals surface area contributed by atoms with Crippen LogP contribution >= 0.6 is 0 Å². The number of hydrogen-bond acceptors (Lipinski definition) is 4. The average Bonchev–Trinajstić information content (AvgIpc) is 3.32. The maximum absolute atomic E-state index is 14.7. The third-order valence-corrected chi connectivity index (χ3v) is 6.34. The first-order chi connectivity index (χ1) is 15.1. The first kappa shape index (κ1) is 19.8. The number of hydrogen-bond donors (Lipinski definition) is 1. The molecule has 0 bridgehead atoms. The van der Waals surface area contributed by atoms with E-state index in [1.54, 1.807) is 10.6 Å². The summed E-state index contributed by atoms with van der Waals surface area (Å²) in [4.78, 5) is 18.3. The molecule has 1 aliphatic rings. The Morgan fingerprint density at radius 3 is 2.84 bits per heavy atom. The highest BCUT2D eigenvalue weighted by Crippen LogP contribution is 2.41. The number of aryl methyl sites for hydroxylation is 1. The van der Waals surface area contributed by atoms with Crippen LogP contribution in [0.1, 0.15) is 36.2 Å². The average molecular weight is 420 g/mol. The number of halogens is 1. The van der Waals surface area contributed by atoms with Gasteiger partial charge in [0.05, 0.1) is 28.5 Å². The molecular weight excluding hydrogens is 395 g/mol. The normalized spacial score (nSPS) is 15.9. The van der Waals surface area contributed by atoms with Gasteiger partial charge in [0.2, 0.25) is 0 Å². The summed E-state index contributed by atoms with van der Waals surface area (Å²) >= 11 is 0. The van der Waals surface area contributed by atoms with E-state index in [1.165, 1.54) is 6.07 Å². The van der Waals surface area contributed by atoms with Crippen LogP contribution in [0, 0.1) is 5.82 Å². The highest BCUT2D eigenvalue weighted by atomic mass is 19.1. The molecule has 0 saturated carbocycles. The standard InChI is InChI=1S/C24H25FN4O2/c1-3-17-13-28(8-5-9-30)20-7-4-6-16-12-21(29(17)22(16)20)24-26-19-11-15(14-31)10-18(25)23(19)27(24)2/h4,6-7,10-12,14,17,30H,3,5,8-9,13H2,1-2H3/t17-/m0/s1. The molecule has 4 aromatic rings. The number of anilines is 1. The molecule has 160 valence electrons. The van der Waals surface area contributed by atoms with Crippen LogP contribution < -0.4 is 4.90 Å². The Morgan fingerprint density at radius 2 is 2.10 bits per heavy atom. The van der Waals surface area contributed by atoms with E-state index in [1.807, 2.05) is 7.05 Å². The zero-order valence-electron chi connectivity index (χ0n) is 17.7. The summed E-state index contributed by atoms with van der Waals surface area (Å²) in [7, 11) is 1.82. The second-order valence-corrected chi connectivity index (χ2v) is 8.18. The molecule has 0 amide bonds. The SMILES string of the molecule is CC[C@H]1CN(CCCO)c2cccc3cc(-c4nc5cc(C=O)cc(F)c5n4C)n1c23. The van der Waals surface area contributed by atoms with Gasteiger partial charge in [0.25, 0.3) is 0 Å². The molecule has 3 heterocycles. The van der Waals surface area contributed by atoms with Gasteiger partial charge >= 0.3 is 0 Å². The van der Waals surface area contributed by atoms with Crippen molar-refractivity contribution >= 4 is 33.9 Å². The van der Waals surface area contributed by atoms with Crippen LogP contribution in [0.4, 0.5) is 10.1 Å². The zero-order valence-corrected chi connectivity index (χ0v) is 17.7. The molecule has 1 N–H and O–H groups in total. The van der Waals surface area contributed by atoms with Crippen molar-refractivity contribution in [3.8, 4) is 11.5 Å². The van der Waals surface area contributed by atoms with E-state index < -0.39 is 5.82 Å². The number of carbonyl (C=O) groups is 1. The third kappa shape index (κ3) is 2.95. The summed E-state index contributed by atoms with van der Waals surface area (Å²) in [5, 5.41) is 10.4. The van der Waals surface area contributed by atoms with Gasteiger partial charge in [0.1, 0.15) is 17.6 Å². The van der Waals surface area contributed by atoms with E-state index in [4.69, 9.17) is 4.98 Å². The van der Waals surface area contributed by atoms with Crippen LogP contribution in [0.5, 0.6) is 0 Å². The highest BCUT2D eigenvalue weighted by Gasteiger charge is 2.29. The van der Waals surface area contributed by atoms with Crippen LogP contribution in [0.25, 0.3) is 33.5 Å². The lowest BCUT2D eigenvalue weighted by atomic mass is 10.1. The van der Waals surface area contributed by atoms with Crippen molar-refractivity contribution in [3.63, 3.8) is 0 Å². The molecule has 2 aromatic heterocycles. The van der Waals surface area contributed by atoms with Crippen molar-refractivity contribution in [2.45, 2.75) is 25.8 Å². The molecular formula is C24H25FN4O2. The quantitative estimate of drug-likeness (QED) is 0.473. The van der Waals surface area contributed by atoms with Crippen LogP contribution in [-0.2, 0) is 7.05 Å². The minimum Gasteiger partial charge on any atom is -0.396 e. The summed E-state index contributed by atoms with van der Waals surface area (Å²) in [6, 6.07) is 11.5. The van der Waals surface area contributed by atoms with Crippen molar-refractivity contribution in [1.82, 2.24) is 14.1 Å². The van der Waals surface area contributed by atoms with Gasteiger partial charge in [0.15, 0.2) is 5.82 Å². The summed E-state index contributed by atoms with van der Waals surface area (Å²) in [6.45, 7) is 3.99. The lowest BCUT2D eigenvalue weighted by molar-refractivity contribution is 0.112. The molecule has 7 heteroatoms. The molecule has 2 aromatic carbocycles. The lowest BCUT2D eigenvalue weighted by Gasteiger charge is -2.36. The van der Waals surface area contributed by atoms with E-state index in [2.05, 4.69) is 40.7 Å². The minimum absolute atomic E-state index is 0.170. The number of benzene rings is 2. The molecule has 5 rings (SSSR count). The van der Waals surface area contributed by atoms with Crippen molar-refractivity contribution in [2.75, 3.05) is 24.6 Å². The largest absolute Gasteiger partial charge is 0.396 e. The molecule has 0 saturated heterocycles. The second-order valence-electron chi connectivity index (χ2n) is 8.18. The van der Waals surface area contributed by atoms with Gasteiger partial charge in [-0.1, -0.05) is 19.1 Å². The van der Waals surface area contributed by atoms with Gasteiger partial charge in [-0.3, -0.25) is 4.79 Å². The Kier molecular flexibility index (Phi) is 4.78. The van der Waals surface area contributed by atoms with Crippen LogP contribution in [0.15, 0.2) is 36.4 Å². The number of aromatic nitrogens is 3. The summed E-state index contributed by atoms with van der Waals surface area (Å²) in [5.74, 6) is 0.236. The predicted molar refractivity (Wildman–Crippen MR) is 120 cm³/mol. The maximum Gasteiger partial charge on any atom is 0.157 e. The summed E-state index contributed by atoms with van der Waals surface area (Å²) in [5.41, 5.74) is 4.40. The Labute approximate surface area is 179 Å². The number of para-hydroxylation sites is 1. The Morgan fingerprint density at radius 1 is 1.26 bits per heavy atom. The molecule has 0 aliphatic carbocycles. The molecule has 0 radical (unpaired) electrons. The number of aldehydes is 1. The molecule has 31 heavy (non-hydrogen) atoms. The summed E-state index contributed by atoms with van der Waals surface area (Å²) in [6.07, 6.45) is 2.31. The van der Waals surface area contributed by atoms with Crippen molar-refractivity contribution in [3.05, 3.63) is 47.8 Å². The molecule has 0 unspecified atom stereocenters. The number of fused-ring (bicyclic) bond motifs is 1. The van der Waals surface area contributed by atoms with Gasteiger partial charge < -0.3 is 19.1 Å². The van der Waals surface area contributed by atoms with Crippen LogP contribution in [-0.4, -0.2) is 45.2 Å². The third-order valence-electron chi connectivity index (χ3n) is 6.34. The fourth-order valence-corrected chi connectivity index (χ4v) is 4.91. The van der Waals surface area contributed by atoms with Gasteiger partial charge in [-0.25, -0.2) is 9.37 Å². The number of aliphatic hydroxyl groups is 1. The van der Waals surface area contributed by atoms with E-state index in [0.717, 1.165) is 48.2 Å². The fraction of sp³-hybridized carbons (Fsp3) is 0.333. The van der Waals surface area contributed by atoms with E-state index >= 15 is 0 Å². The number of rotatable bonds is 6. The van der Waals surface area contributed by atoms with Gasteiger partial charge in [-0.2, -0.15) is 0 Å². The maximum atomic E-state index is 14.7. The fourth-order valence-electron chi connectivity index (χ4n) is 4.91. The summed E-state index contributed by atoms with van der Waals surface area (Å²) < 4.78 is 18.9. The number of imidazole rings is 1. The Balaban J connectivity index is 1.76. The van der Waals surface area contributed by atoms with Gasteiger partial charge in [-0.05, 0) is 37.1 Å². The van der Waals surface area contributed by atoms with Crippen molar-refractivity contribution in [1.29, 1.82) is 0 Å². The van der Waals surface area contributed by atoms with Crippen LogP contribution in [0.3, 0.4) is 0 Å². The number of nitrogens with zero attached hydrogens (tertiary/aromatic N) is 4. The van der Waals surface area contributed by atoms with Gasteiger partial charge in [-0.15, -0.1) is 0 Å². The molecule has 1 aliphatic heterocycles. The van der Waals surface area contributed by atoms with Crippen LogP contribution in [0.2, 0.25) is 0 Å². The first-order valence-corrected chi connectivity index (χ1v) is 10.7. The zero-order chi connectivity index (χ0) is 21.7. The smallest absolute Gasteiger partial charge is 0.157 e. The predicted octanol–water partition coefficient (Wildman–Crippen LogP) is 4.30. The van der Waals surface area contributed by atoms with E-state index in [9.17, 15) is 14.3 Å².